The SMILES string of the molecule is CN(C)c1ccc(/C=C/c2nc(-c3ccccc3)c(-c3ccccc3)[nH]2)cc1. The Hall–Kier alpha value is -3.59. The first-order valence-corrected chi connectivity index (χ1v) is 9.37. The minimum absolute atomic E-state index is 0.842. The van der Waals surface area contributed by atoms with Crippen LogP contribution in [0, 0.1) is 0 Å². The molecule has 0 saturated heterocycles. The summed E-state index contributed by atoms with van der Waals surface area (Å²) in [6.07, 6.45) is 4.12. The Kier molecular flexibility index (Phi) is 5.07. The van der Waals surface area contributed by atoms with Gasteiger partial charge in [-0.25, -0.2) is 4.98 Å². The van der Waals surface area contributed by atoms with Gasteiger partial charge < -0.3 is 9.88 Å². The van der Waals surface area contributed by atoms with Crippen LogP contribution in [-0.2, 0) is 0 Å². The number of nitrogens with zero attached hydrogens (tertiary/aromatic N) is 2. The van der Waals surface area contributed by atoms with Gasteiger partial charge in [-0.15, -0.1) is 0 Å². The summed E-state index contributed by atoms with van der Waals surface area (Å²) in [6.45, 7) is 0. The quantitative estimate of drug-likeness (QED) is 0.472. The summed E-state index contributed by atoms with van der Waals surface area (Å²) in [5, 5.41) is 0. The van der Waals surface area contributed by atoms with Gasteiger partial charge in [0.1, 0.15) is 5.82 Å². The Morgan fingerprint density at radius 2 is 1.32 bits per heavy atom. The van der Waals surface area contributed by atoms with Crippen LogP contribution < -0.4 is 4.90 Å². The van der Waals surface area contributed by atoms with Crippen LogP contribution in [0.5, 0.6) is 0 Å². The number of anilines is 1. The second-order valence-electron chi connectivity index (χ2n) is 6.90. The number of H-pyrrole nitrogens is 1. The fraction of sp³-hybridized carbons (Fsp3) is 0.0800. The van der Waals surface area contributed by atoms with Gasteiger partial charge in [-0.3, -0.25) is 0 Å². The maximum atomic E-state index is 4.87. The summed E-state index contributed by atoms with van der Waals surface area (Å²) in [4.78, 5) is 10.5. The first kappa shape index (κ1) is 17.8. The number of hydrogen-bond acceptors (Lipinski definition) is 2. The molecule has 0 bridgehead atoms. The third-order valence-electron chi connectivity index (χ3n) is 4.67. The molecule has 0 aliphatic heterocycles. The Morgan fingerprint density at radius 3 is 1.93 bits per heavy atom. The van der Waals surface area contributed by atoms with Crippen molar-refractivity contribution in [1.29, 1.82) is 0 Å². The standard InChI is InChI=1S/C25H23N3/c1-28(2)22-16-13-19(14-17-22)15-18-23-26-24(20-9-5-3-6-10-20)25(27-23)21-11-7-4-8-12-21/h3-18H,1-2H3,(H,26,27)/b18-15+. The summed E-state index contributed by atoms with van der Waals surface area (Å²) in [6, 6.07) is 29.1. The van der Waals surface area contributed by atoms with E-state index in [0.29, 0.717) is 0 Å². The largest absolute Gasteiger partial charge is 0.378 e. The Balaban J connectivity index is 1.69. The molecule has 0 radical (unpaired) electrons. The van der Waals surface area contributed by atoms with E-state index in [2.05, 4.69) is 64.5 Å². The molecule has 0 unspecified atom stereocenters. The van der Waals surface area contributed by atoms with Gasteiger partial charge in [-0.1, -0.05) is 78.9 Å². The fourth-order valence-electron chi connectivity index (χ4n) is 3.15. The fourth-order valence-corrected chi connectivity index (χ4v) is 3.15. The highest BCUT2D eigenvalue weighted by atomic mass is 15.1. The molecule has 4 aromatic rings. The van der Waals surface area contributed by atoms with Crippen LogP contribution in [0.2, 0.25) is 0 Å². The third-order valence-corrected chi connectivity index (χ3v) is 4.67. The van der Waals surface area contributed by atoms with E-state index in [1.165, 1.54) is 5.69 Å². The van der Waals surface area contributed by atoms with Gasteiger partial charge in [0, 0.05) is 30.9 Å². The van der Waals surface area contributed by atoms with Gasteiger partial charge in [0.2, 0.25) is 0 Å². The number of benzene rings is 3. The first-order valence-electron chi connectivity index (χ1n) is 9.37. The Morgan fingerprint density at radius 1 is 0.714 bits per heavy atom. The lowest BCUT2D eigenvalue weighted by atomic mass is 10.1. The van der Waals surface area contributed by atoms with Crippen LogP contribution >= 0.6 is 0 Å². The van der Waals surface area contributed by atoms with Crippen LogP contribution in [0.15, 0.2) is 84.9 Å². The molecular weight excluding hydrogens is 342 g/mol. The maximum Gasteiger partial charge on any atom is 0.131 e. The first-order chi connectivity index (χ1) is 13.7. The van der Waals surface area contributed by atoms with Crippen molar-refractivity contribution in [2.24, 2.45) is 0 Å². The maximum absolute atomic E-state index is 4.87. The van der Waals surface area contributed by atoms with Gasteiger partial charge in [-0.05, 0) is 23.8 Å². The highest BCUT2D eigenvalue weighted by Crippen LogP contribution is 2.30. The van der Waals surface area contributed by atoms with Crippen LogP contribution in [0.4, 0.5) is 5.69 Å². The molecule has 1 heterocycles. The number of rotatable bonds is 5. The molecule has 0 aliphatic rings. The molecule has 0 atom stereocenters. The van der Waals surface area contributed by atoms with Crippen molar-refractivity contribution in [1.82, 2.24) is 9.97 Å². The van der Waals surface area contributed by atoms with E-state index in [-0.39, 0.29) is 0 Å². The molecule has 0 amide bonds. The highest BCUT2D eigenvalue weighted by molar-refractivity contribution is 5.80. The lowest BCUT2D eigenvalue weighted by molar-refractivity contribution is 1.13. The van der Waals surface area contributed by atoms with Gasteiger partial charge in [-0.2, -0.15) is 0 Å². The van der Waals surface area contributed by atoms with Crippen molar-refractivity contribution in [3.8, 4) is 22.5 Å². The predicted molar refractivity (Wildman–Crippen MR) is 119 cm³/mol. The van der Waals surface area contributed by atoms with E-state index in [9.17, 15) is 0 Å². The van der Waals surface area contributed by atoms with Gasteiger partial charge in [0.25, 0.3) is 0 Å². The molecule has 0 aliphatic carbocycles. The lowest BCUT2D eigenvalue weighted by Crippen LogP contribution is -2.07. The average Bonchev–Trinajstić information content (AvgIpc) is 3.18. The van der Waals surface area contributed by atoms with Gasteiger partial charge in [0.15, 0.2) is 0 Å². The van der Waals surface area contributed by atoms with E-state index in [1.807, 2.05) is 56.6 Å². The molecule has 3 nitrogen and oxygen atoms in total. The molecule has 1 N–H and O–H groups in total. The minimum atomic E-state index is 0.842. The van der Waals surface area contributed by atoms with Crippen molar-refractivity contribution in [3.05, 3.63) is 96.3 Å². The Labute approximate surface area is 166 Å². The van der Waals surface area contributed by atoms with Crippen LogP contribution in [-0.4, -0.2) is 24.1 Å². The van der Waals surface area contributed by atoms with E-state index >= 15 is 0 Å². The monoisotopic (exact) mass is 365 g/mol. The molecule has 3 aromatic carbocycles. The van der Waals surface area contributed by atoms with E-state index in [4.69, 9.17) is 4.98 Å². The van der Waals surface area contributed by atoms with Crippen molar-refractivity contribution in [3.63, 3.8) is 0 Å². The van der Waals surface area contributed by atoms with E-state index in [1.54, 1.807) is 0 Å². The highest BCUT2D eigenvalue weighted by Gasteiger charge is 2.12. The summed E-state index contributed by atoms with van der Waals surface area (Å²) in [5.41, 5.74) is 6.57. The summed E-state index contributed by atoms with van der Waals surface area (Å²) in [5.74, 6) is 0.842. The van der Waals surface area contributed by atoms with E-state index in [0.717, 1.165) is 33.9 Å². The van der Waals surface area contributed by atoms with Crippen molar-refractivity contribution in [2.75, 3.05) is 19.0 Å². The summed E-state index contributed by atoms with van der Waals surface area (Å²) >= 11 is 0. The minimum Gasteiger partial charge on any atom is -0.378 e. The van der Waals surface area contributed by atoms with Crippen molar-refractivity contribution < 1.29 is 0 Å². The summed E-state index contributed by atoms with van der Waals surface area (Å²) < 4.78 is 0. The van der Waals surface area contributed by atoms with Gasteiger partial charge in [0.05, 0.1) is 11.4 Å². The zero-order valence-corrected chi connectivity index (χ0v) is 16.1. The number of imidazole rings is 1. The molecule has 3 heteroatoms. The molecule has 0 saturated carbocycles. The van der Waals surface area contributed by atoms with Crippen LogP contribution in [0.3, 0.4) is 0 Å². The lowest BCUT2D eigenvalue weighted by Gasteiger charge is -2.11. The molecule has 1 aromatic heterocycles. The Bertz CT molecular complexity index is 1000. The number of aromatic amines is 1. The second kappa shape index (κ2) is 7.97. The smallest absolute Gasteiger partial charge is 0.131 e. The molecular formula is C25H23N3. The molecule has 138 valence electrons. The average molecular weight is 365 g/mol. The number of nitrogens with one attached hydrogen (secondary N) is 1. The van der Waals surface area contributed by atoms with Gasteiger partial charge >= 0.3 is 0 Å². The van der Waals surface area contributed by atoms with Crippen molar-refractivity contribution >= 4 is 17.8 Å². The third kappa shape index (κ3) is 3.89. The zero-order valence-electron chi connectivity index (χ0n) is 16.1. The van der Waals surface area contributed by atoms with Crippen molar-refractivity contribution in [2.45, 2.75) is 0 Å². The predicted octanol–water partition coefficient (Wildman–Crippen LogP) is 5.98. The normalized spacial score (nSPS) is 11.1. The summed E-state index contributed by atoms with van der Waals surface area (Å²) in [7, 11) is 4.09. The molecule has 0 fully saturated rings. The van der Waals surface area contributed by atoms with Crippen LogP contribution in [0.1, 0.15) is 11.4 Å². The number of aromatic nitrogens is 2. The second-order valence-corrected chi connectivity index (χ2v) is 6.90. The topological polar surface area (TPSA) is 31.9 Å². The number of hydrogen-bond donors (Lipinski definition) is 1. The van der Waals surface area contributed by atoms with Crippen LogP contribution in [0.25, 0.3) is 34.7 Å². The molecule has 4 rings (SSSR count). The molecule has 28 heavy (non-hydrogen) atoms. The van der Waals surface area contributed by atoms with E-state index < -0.39 is 0 Å². The molecule has 0 spiro atoms. The zero-order chi connectivity index (χ0) is 19.3.